The van der Waals surface area contributed by atoms with E-state index in [0.29, 0.717) is 6.54 Å². The van der Waals surface area contributed by atoms with Crippen molar-refractivity contribution in [1.29, 1.82) is 0 Å². The largest absolute Gasteiger partial charge is 0.496 e. The van der Waals surface area contributed by atoms with E-state index in [9.17, 15) is 0 Å². The minimum absolute atomic E-state index is 0.161. The van der Waals surface area contributed by atoms with Gasteiger partial charge in [0.05, 0.1) is 21.3 Å². The van der Waals surface area contributed by atoms with E-state index in [1.807, 2.05) is 18.2 Å². The summed E-state index contributed by atoms with van der Waals surface area (Å²) in [4.78, 5) is 0. The van der Waals surface area contributed by atoms with Crippen LogP contribution in [-0.2, 0) is 12.8 Å². The molecule has 0 fully saturated rings. The maximum atomic E-state index is 6.14. The Morgan fingerprint density at radius 2 is 1.52 bits per heavy atom. The second-order valence-corrected chi connectivity index (χ2v) is 6.81. The lowest BCUT2D eigenvalue weighted by Gasteiger charge is -2.21. The van der Waals surface area contributed by atoms with Crippen LogP contribution in [0.5, 0.6) is 17.2 Å². The number of rotatable bonds is 11. The van der Waals surface area contributed by atoms with Crippen LogP contribution in [0.15, 0.2) is 36.4 Å². The van der Waals surface area contributed by atoms with Gasteiger partial charge in [0.25, 0.3) is 0 Å². The van der Waals surface area contributed by atoms with Crippen molar-refractivity contribution in [2.45, 2.75) is 44.9 Å². The van der Waals surface area contributed by atoms with E-state index in [1.54, 1.807) is 21.3 Å². The van der Waals surface area contributed by atoms with Gasteiger partial charge in [-0.05, 0) is 55.1 Å². The molecule has 1 atom stereocenters. The molecule has 1 unspecified atom stereocenters. The first-order valence-electron chi connectivity index (χ1n) is 9.75. The van der Waals surface area contributed by atoms with E-state index in [1.165, 1.54) is 12.8 Å². The molecule has 2 aromatic carbocycles. The second kappa shape index (κ2) is 10.8. The van der Waals surface area contributed by atoms with Gasteiger partial charge in [0.15, 0.2) is 0 Å². The molecule has 2 rings (SSSR count). The number of hydrogen-bond donors (Lipinski definition) is 1. The van der Waals surface area contributed by atoms with Crippen LogP contribution in [0, 0.1) is 0 Å². The Morgan fingerprint density at radius 1 is 0.889 bits per heavy atom. The van der Waals surface area contributed by atoms with Crippen LogP contribution in [-0.4, -0.2) is 27.9 Å². The van der Waals surface area contributed by atoms with Gasteiger partial charge in [-0.3, -0.25) is 0 Å². The summed E-state index contributed by atoms with van der Waals surface area (Å²) in [5.74, 6) is 2.83. The molecule has 0 aliphatic rings. The molecule has 2 N–H and O–H groups in total. The third kappa shape index (κ3) is 5.39. The second-order valence-electron chi connectivity index (χ2n) is 6.81. The van der Waals surface area contributed by atoms with Crippen molar-refractivity contribution in [3.63, 3.8) is 0 Å². The van der Waals surface area contributed by atoms with Crippen LogP contribution in [0.4, 0.5) is 0 Å². The van der Waals surface area contributed by atoms with Gasteiger partial charge in [-0.25, -0.2) is 0 Å². The van der Waals surface area contributed by atoms with Crippen LogP contribution in [0.2, 0.25) is 0 Å². The molecule has 0 saturated heterocycles. The minimum atomic E-state index is 0.161. The fraction of sp³-hybridized carbons (Fsp3) is 0.478. The summed E-state index contributed by atoms with van der Waals surface area (Å²) in [5, 5.41) is 0. The van der Waals surface area contributed by atoms with E-state index >= 15 is 0 Å². The Morgan fingerprint density at radius 3 is 2.07 bits per heavy atom. The highest BCUT2D eigenvalue weighted by Gasteiger charge is 2.19. The zero-order chi connectivity index (χ0) is 19.6. The van der Waals surface area contributed by atoms with Gasteiger partial charge in [-0.1, -0.05) is 38.0 Å². The third-order valence-corrected chi connectivity index (χ3v) is 5.08. The molecule has 0 spiro atoms. The zero-order valence-corrected chi connectivity index (χ0v) is 17.1. The topological polar surface area (TPSA) is 53.7 Å². The normalized spacial score (nSPS) is 11.9. The molecule has 0 radical (unpaired) electrons. The summed E-state index contributed by atoms with van der Waals surface area (Å²) in [5.41, 5.74) is 9.57. The fourth-order valence-corrected chi connectivity index (χ4v) is 3.51. The molecular formula is C23H33NO3. The van der Waals surface area contributed by atoms with E-state index in [-0.39, 0.29) is 5.92 Å². The minimum Gasteiger partial charge on any atom is -0.496 e. The molecule has 0 bridgehead atoms. The first-order chi connectivity index (χ1) is 13.2. The van der Waals surface area contributed by atoms with Crippen LogP contribution < -0.4 is 19.9 Å². The van der Waals surface area contributed by atoms with Gasteiger partial charge in [-0.2, -0.15) is 0 Å². The summed E-state index contributed by atoms with van der Waals surface area (Å²) in [6, 6.07) is 12.3. The van der Waals surface area contributed by atoms with Crippen molar-refractivity contribution in [2.75, 3.05) is 27.9 Å². The van der Waals surface area contributed by atoms with Crippen molar-refractivity contribution in [3.05, 3.63) is 53.1 Å². The Hall–Kier alpha value is -2.20. The summed E-state index contributed by atoms with van der Waals surface area (Å²) >= 11 is 0. The molecule has 0 aliphatic heterocycles. The average molecular weight is 372 g/mol. The van der Waals surface area contributed by atoms with Crippen LogP contribution in [0.25, 0.3) is 0 Å². The Labute approximate surface area is 163 Å². The number of unbranched alkanes of at least 4 members (excludes halogenated alkanes) is 2. The van der Waals surface area contributed by atoms with Crippen molar-refractivity contribution in [2.24, 2.45) is 5.73 Å². The average Bonchev–Trinajstić information content (AvgIpc) is 2.72. The molecule has 4 heteroatoms. The van der Waals surface area contributed by atoms with E-state index < -0.39 is 0 Å². The predicted octanol–water partition coefficient (Wildman–Crippen LogP) is 4.73. The molecule has 0 heterocycles. The van der Waals surface area contributed by atoms with Gasteiger partial charge in [-0.15, -0.1) is 0 Å². The van der Waals surface area contributed by atoms with E-state index in [4.69, 9.17) is 19.9 Å². The lowest BCUT2D eigenvalue weighted by atomic mass is 9.89. The molecule has 0 aromatic heterocycles. The highest BCUT2D eigenvalue weighted by Crippen LogP contribution is 2.36. The number of hydrogen-bond acceptors (Lipinski definition) is 4. The van der Waals surface area contributed by atoms with Crippen molar-refractivity contribution in [3.8, 4) is 17.2 Å². The van der Waals surface area contributed by atoms with Gasteiger partial charge in [0.1, 0.15) is 17.2 Å². The Kier molecular flexibility index (Phi) is 8.46. The maximum Gasteiger partial charge on any atom is 0.126 e. The summed E-state index contributed by atoms with van der Waals surface area (Å²) in [7, 11) is 5.15. The fourth-order valence-electron chi connectivity index (χ4n) is 3.51. The van der Waals surface area contributed by atoms with Crippen LogP contribution in [0.3, 0.4) is 0 Å². The Balaban J connectivity index is 2.34. The van der Waals surface area contributed by atoms with Gasteiger partial charge >= 0.3 is 0 Å². The molecule has 0 amide bonds. The molecule has 4 nitrogen and oxygen atoms in total. The molecule has 27 heavy (non-hydrogen) atoms. The summed E-state index contributed by atoms with van der Waals surface area (Å²) in [6.07, 6.45) is 5.29. The van der Waals surface area contributed by atoms with E-state index in [0.717, 1.165) is 53.2 Å². The van der Waals surface area contributed by atoms with Gasteiger partial charge in [0, 0.05) is 11.5 Å². The number of ether oxygens (including phenoxy) is 3. The predicted molar refractivity (Wildman–Crippen MR) is 111 cm³/mol. The zero-order valence-electron chi connectivity index (χ0n) is 17.1. The summed E-state index contributed by atoms with van der Waals surface area (Å²) in [6.45, 7) is 2.75. The van der Waals surface area contributed by atoms with Crippen LogP contribution in [0.1, 0.15) is 48.8 Å². The van der Waals surface area contributed by atoms with E-state index in [2.05, 4.69) is 25.1 Å². The number of nitrogens with two attached hydrogens (primary N) is 1. The molecule has 0 aliphatic carbocycles. The molecule has 0 saturated carbocycles. The quantitative estimate of drug-likeness (QED) is 0.580. The lowest BCUT2D eigenvalue weighted by molar-refractivity contribution is 0.382. The number of benzene rings is 2. The molecular weight excluding hydrogens is 338 g/mol. The highest BCUT2D eigenvalue weighted by molar-refractivity contribution is 5.50. The third-order valence-electron chi connectivity index (χ3n) is 5.08. The lowest BCUT2D eigenvalue weighted by Crippen LogP contribution is -2.16. The first-order valence-corrected chi connectivity index (χ1v) is 9.75. The highest BCUT2D eigenvalue weighted by atomic mass is 16.5. The first kappa shape index (κ1) is 21.1. The smallest absolute Gasteiger partial charge is 0.126 e. The van der Waals surface area contributed by atoms with Crippen molar-refractivity contribution >= 4 is 0 Å². The number of para-hydroxylation sites is 1. The van der Waals surface area contributed by atoms with Gasteiger partial charge < -0.3 is 19.9 Å². The maximum absolute atomic E-state index is 6.14. The van der Waals surface area contributed by atoms with Gasteiger partial charge in [0.2, 0.25) is 0 Å². The molecule has 148 valence electrons. The standard InChI is InChI=1S/C23H33NO3/c1-5-6-7-11-20-22(26-3)14-18(15-23(20)27-4)19(16-24)13-17-10-8-9-12-21(17)25-2/h8-10,12,14-15,19H,5-7,11,13,16,24H2,1-4H3. The van der Waals surface area contributed by atoms with Crippen molar-refractivity contribution < 1.29 is 14.2 Å². The monoisotopic (exact) mass is 371 g/mol. The summed E-state index contributed by atoms with van der Waals surface area (Å²) < 4.78 is 16.9. The Bertz CT molecular complexity index is 690. The van der Waals surface area contributed by atoms with Crippen LogP contribution >= 0.6 is 0 Å². The van der Waals surface area contributed by atoms with Crippen molar-refractivity contribution in [1.82, 2.24) is 0 Å². The SMILES string of the molecule is CCCCCc1c(OC)cc(C(CN)Cc2ccccc2OC)cc1OC. The molecule has 2 aromatic rings. The number of methoxy groups -OCH3 is 3.